The van der Waals surface area contributed by atoms with Gasteiger partial charge >= 0.3 is 5.97 Å². The molecule has 3 nitrogen and oxygen atoms in total. The highest BCUT2D eigenvalue weighted by molar-refractivity contribution is 7.99. The predicted octanol–water partition coefficient (Wildman–Crippen LogP) is 1.91. The van der Waals surface area contributed by atoms with Crippen LogP contribution in [0.4, 0.5) is 0 Å². The van der Waals surface area contributed by atoms with Crippen LogP contribution in [-0.2, 0) is 14.3 Å². The van der Waals surface area contributed by atoms with E-state index >= 15 is 0 Å². The van der Waals surface area contributed by atoms with E-state index in [-0.39, 0.29) is 11.9 Å². The molecule has 0 heterocycles. The lowest BCUT2D eigenvalue weighted by molar-refractivity contribution is -0.143. The highest BCUT2D eigenvalue weighted by Gasteiger charge is 2.21. The maximum Gasteiger partial charge on any atom is 0.309 e. The van der Waals surface area contributed by atoms with Crippen LogP contribution in [0.2, 0.25) is 0 Å². The molecule has 0 amide bonds. The van der Waals surface area contributed by atoms with Crippen molar-refractivity contribution in [3.63, 3.8) is 0 Å². The molecule has 0 spiro atoms. The monoisotopic (exact) mass is 218 g/mol. The molecular weight excluding hydrogens is 200 g/mol. The topological polar surface area (TPSA) is 35.5 Å². The Morgan fingerprint density at radius 1 is 1.57 bits per heavy atom. The number of carbonyl (C=O) groups is 1. The maximum atomic E-state index is 11.0. The SMILES string of the molecule is COC(=O)C(C)CSCOCC1CC1. The zero-order chi connectivity index (χ0) is 10.4. The molecule has 0 saturated heterocycles. The van der Waals surface area contributed by atoms with E-state index in [1.807, 2.05) is 6.92 Å². The first-order valence-electron chi connectivity index (χ1n) is 4.97. The van der Waals surface area contributed by atoms with E-state index in [0.29, 0.717) is 5.94 Å². The summed E-state index contributed by atoms with van der Waals surface area (Å²) in [6.45, 7) is 2.76. The standard InChI is InChI=1S/C10H18O3S/c1-8(10(11)12-2)6-14-7-13-5-9-3-4-9/h8-9H,3-7H2,1-2H3. The predicted molar refractivity (Wildman–Crippen MR) is 57.2 cm³/mol. The van der Waals surface area contributed by atoms with Crippen LogP contribution < -0.4 is 0 Å². The highest BCUT2D eigenvalue weighted by Crippen LogP contribution is 2.29. The van der Waals surface area contributed by atoms with Gasteiger partial charge in [0.25, 0.3) is 0 Å². The molecule has 0 aliphatic heterocycles. The summed E-state index contributed by atoms with van der Waals surface area (Å²) in [6, 6.07) is 0. The van der Waals surface area contributed by atoms with Crippen molar-refractivity contribution in [1.82, 2.24) is 0 Å². The molecule has 0 N–H and O–H groups in total. The first-order valence-corrected chi connectivity index (χ1v) is 6.12. The van der Waals surface area contributed by atoms with Crippen molar-refractivity contribution in [2.75, 3.05) is 25.4 Å². The van der Waals surface area contributed by atoms with Gasteiger partial charge in [0.05, 0.1) is 25.6 Å². The van der Waals surface area contributed by atoms with Gasteiger partial charge in [0.2, 0.25) is 0 Å². The minimum absolute atomic E-state index is 0.0328. The first-order chi connectivity index (χ1) is 6.74. The number of hydrogen-bond donors (Lipinski definition) is 0. The molecule has 1 fully saturated rings. The minimum Gasteiger partial charge on any atom is -0.469 e. The molecule has 1 unspecified atom stereocenters. The molecule has 0 bridgehead atoms. The van der Waals surface area contributed by atoms with E-state index in [0.717, 1.165) is 18.3 Å². The Bertz CT molecular complexity index is 180. The van der Waals surface area contributed by atoms with Gasteiger partial charge in [-0.25, -0.2) is 0 Å². The van der Waals surface area contributed by atoms with Crippen molar-refractivity contribution in [1.29, 1.82) is 0 Å². The number of rotatable bonds is 7. The molecular formula is C10H18O3S. The average Bonchev–Trinajstić information content (AvgIpc) is 2.99. The van der Waals surface area contributed by atoms with Crippen LogP contribution in [0.1, 0.15) is 19.8 Å². The molecule has 0 aromatic heterocycles. The van der Waals surface area contributed by atoms with E-state index in [1.54, 1.807) is 11.8 Å². The van der Waals surface area contributed by atoms with Gasteiger partial charge in [-0.15, -0.1) is 11.8 Å². The molecule has 0 radical (unpaired) electrons. The lowest BCUT2D eigenvalue weighted by atomic mass is 10.2. The zero-order valence-electron chi connectivity index (χ0n) is 8.82. The number of hydrogen-bond acceptors (Lipinski definition) is 4. The van der Waals surface area contributed by atoms with Crippen LogP contribution in [0.3, 0.4) is 0 Å². The van der Waals surface area contributed by atoms with Gasteiger partial charge in [0, 0.05) is 5.75 Å². The van der Waals surface area contributed by atoms with Crippen LogP contribution in [0.15, 0.2) is 0 Å². The fourth-order valence-corrected chi connectivity index (χ4v) is 1.85. The summed E-state index contributed by atoms with van der Waals surface area (Å²) in [7, 11) is 1.42. The van der Waals surface area contributed by atoms with Crippen LogP contribution >= 0.6 is 11.8 Å². The van der Waals surface area contributed by atoms with Gasteiger partial charge in [-0.3, -0.25) is 4.79 Å². The summed E-state index contributed by atoms with van der Waals surface area (Å²) in [5.41, 5.74) is 0. The largest absolute Gasteiger partial charge is 0.469 e. The Morgan fingerprint density at radius 2 is 2.29 bits per heavy atom. The number of carbonyl (C=O) groups excluding carboxylic acids is 1. The maximum absolute atomic E-state index is 11.0. The van der Waals surface area contributed by atoms with Crippen LogP contribution in [-0.4, -0.2) is 31.4 Å². The summed E-state index contributed by atoms with van der Waals surface area (Å²) < 4.78 is 10.1. The number of esters is 1. The van der Waals surface area contributed by atoms with Crippen molar-refractivity contribution >= 4 is 17.7 Å². The van der Waals surface area contributed by atoms with Gasteiger partial charge in [-0.1, -0.05) is 6.92 Å². The van der Waals surface area contributed by atoms with Gasteiger partial charge in [-0.05, 0) is 18.8 Å². The van der Waals surface area contributed by atoms with Gasteiger partial charge in [0.1, 0.15) is 0 Å². The van der Waals surface area contributed by atoms with Crippen molar-refractivity contribution < 1.29 is 14.3 Å². The fourth-order valence-electron chi connectivity index (χ4n) is 1.05. The Kier molecular flexibility index (Phi) is 5.33. The van der Waals surface area contributed by atoms with Crippen LogP contribution in [0, 0.1) is 11.8 Å². The molecule has 0 aromatic carbocycles. The summed E-state index contributed by atoms with van der Waals surface area (Å²) in [4.78, 5) is 11.0. The third-order valence-corrected chi connectivity index (χ3v) is 3.26. The third-order valence-electron chi connectivity index (χ3n) is 2.19. The quantitative estimate of drug-likeness (QED) is 0.371. The normalized spacial score (nSPS) is 17.9. The van der Waals surface area contributed by atoms with Crippen LogP contribution in [0.5, 0.6) is 0 Å². The summed E-state index contributed by atoms with van der Waals surface area (Å²) in [5, 5.41) is 0. The molecule has 1 saturated carbocycles. The average molecular weight is 218 g/mol. The highest BCUT2D eigenvalue weighted by atomic mass is 32.2. The Labute approximate surface area is 89.5 Å². The van der Waals surface area contributed by atoms with E-state index in [1.165, 1.54) is 20.0 Å². The molecule has 1 atom stereocenters. The van der Waals surface area contributed by atoms with E-state index < -0.39 is 0 Å². The Balaban J connectivity index is 1.88. The van der Waals surface area contributed by atoms with Crippen molar-refractivity contribution in [2.24, 2.45) is 11.8 Å². The lowest BCUT2D eigenvalue weighted by Gasteiger charge is -2.08. The summed E-state index contributed by atoms with van der Waals surface area (Å²) in [6.07, 6.45) is 2.65. The molecule has 14 heavy (non-hydrogen) atoms. The Hall–Kier alpha value is -0.220. The second-order valence-corrected chi connectivity index (χ2v) is 4.70. The second-order valence-electron chi connectivity index (χ2n) is 3.73. The molecule has 82 valence electrons. The lowest BCUT2D eigenvalue weighted by Crippen LogP contribution is -2.15. The zero-order valence-corrected chi connectivity index (χ0v) is 9.64. The van der Waals surface area contributed by atoms with Gasteiger partial charge < -0.3 is 9.47 Å². The fraction of sp³-hybridized carbons (Fsp3) is 0.900. The molecule has 1 rings (SSSR count). The summed E-state index contributed by atoms with van der Waals surface area (Å²) in [5.74, 6) is 2.11. The second kappa shape index (κ2) is 6.30. The number of methoxy groups -OCH3 is 1. The first kappa shape index (κ1) is 11.9. The molecule has 1 aliphatic rings. The van der Waals surface area contributed by atoms with E-state index in [2.05, 4.69) is 4.74 Å². The van der Waals surface area contributed by atoms with E-state index in [9.17, 15) is 4.79 Å². The molecule has 4 heteroatoms. The number of thioether (sulfide) groups is 1. The Morgan fingerprint density at radius 3 is 2.86 bits per heavy atom. The molecule has 1 aliphatic carbocycles. The van der Waals surface area contributed by atoms with Crippen LogP contribution in [0.25, 0.3) is 0 Å². The number of ether oxygens (including phenoxy) is 2. The summed E-state index contributed by atoms with van der Waals surface area (Å²) >= 11 is 1.65. The van der Waals surface area contributed by atoms with Crippen molar-refractivity contribution in [3.05, 3.63) is 0 Å². The van der Waals surface area contributed by atoms with Crippen molar-refractivity contribution in [3.8, 4) is 0 Å². The van der Waals surface area contributed by atoms with E-state index in [4.69, 9.17) is 4.74 Å². The third kappa shape index (κ3) is 4.86. The van der Waals surface area contributed by atoms with Gasteiger partial charge in [-0.2, -0.15) is 0 Å². The van der Waals surface area contributed by atoms with Gasteiger partial charge in [0.15, 0.2) is 0 Å². The minimum atomic E-state index is -0.139. The van der Waals surface area contributed by atoms with Crippen molar-refractivity contribution in [2.45, 2.75) is 19.8 Å². The molecule has 0 aromatic rings. The smallest absolute Gasteiger partial charge is 0.309 e.